The Hall–Kier alpha value is -0.540. The number of benzene rings is 1. The van der Waals surface area contributed by atoms with Gasteiger partial charge in [0, 0.05) is 23.2 Å². The predicted molar refractivity (Wildman–Crippen MR) is 52.1 cm³/mol. The van der Waals surface area contributed by atoms with E-state index >= 15 is 0 Å². The van der Waals surface area contributed by atoms with E-state index in [0.717, 1.165) is 4.90 Å². The molecular formula is C8H10ClNOS. The molecule has 0 saturated heterocycles. The molecular weight excluding hydrogens is 194 g/mol. The van der Waals surface area contributed by atoms with Crippen LogP contribution in [0.1, 0.15) is 0 Å². The van der Waals surface area contributed by atoms with Gasteiger partial charge in [-0.1, -0.05) is 11.6 Å². The van der Waals surface area contributed by atoms with Crippen molar-refractivity contribution in [3.8, 4) is 0 Å². The first kappa shape index (κ1) is 9.55. The highest BCUT2D eigenvalue weighted by Crippen LogP contribution is 2.14. The molecule has 0 aliphatic carbocycles. The van der Waals surface area contributed by atoms with E-state index in [4.69, 9.17) is 11.6 Å². The lowest BCUT2D eigenvalue weighted by molar-refractivity contribution is 0.680. The fraction of sp³-hybridized carbons (Fsp3) is 0.250. The van der Waals surface area contributed by atoms with Crippen molar-refractivity contribution < 1.29 is 4.21 Å². The van der Waals surface area contributed by atoms with Gasteiger partial charge >= 0.3 is 0 Å². The van der Waals surface area contributed by atoms with Crippen LogP contribution in [0.3, 0.4) is 0 Å². The molecule has 0 aliphatic heterocycles. The maximum absolute atomic E-state index is 11.7. The van der Waals surface area contributed by atoms with E-state index in [2.05, 4.69) is 4.36 Å². The minimum absolute atomic E-state index is 0.644. The van der Waals surface area contributed by atoms with E-state index in [1.165, 1.54) is 0 Å². The molecule has 1 aromatic carbocycles. The molecule has 0 N–H and O–H groups in total. The van der Waals surface area contributed by atoms with E-state index in [0.29, 0.717) is 5.02 Å². The summed E-state index contributed by atoms with van der Waals surface area (Å²) in [5.41, 5.74) is 0. The molecule has 66 valence electrons. The third kappa shape index (κ3) is 1.99. The average Bonchev–Trinajstić information content (AvgIpc) is 2.05. The molecule has 0 amide bonds. The van der Waals surface area contributed by atoms with E-state index in [1.807, 2.05) is 0 Å². The number of rotatable bonds is 1. The SMILES string of the molecule is CN=[S@@](C)(=O)c1ccc(Cl)cc1. The Kier molecular flexibility index (Phi) is 2.75. The highest BCUT2D eigenvalue weighted by atomic mass is 35.5. The lowest BCUT2D eigenvalue weighted by atomic mass is 10.4. The second kappa shape index (κ2) is 3.46. The van der Waals surface area contributed by atoms with Crippen LogP contribution in [0, 0.1) is 0 Å². The van der Waals surface area contributed by atoms with Crippen molar-refractivity contribution in [1.82, 2.24) is 0 Å². The summed E-state index contributed by atoms with van der Waals surface area (Å²) in [6, 6.07) is 6.89. The van der Waals surface area contributed by atoms with Gasteiger partial charge in [-0.05, 0) is 24.3 Å². The largest absolute Gasteiger partial charge is 0.245 e. The number of halogens is 1. The lowest BCUT2D eigenvalue weighted by Gasteiger charge is -2.01. The van der Waals surface area contributed by atoms with Crippen LogP contribution in [0.15, 0.2) is 33.5 Å². The van der Waals surface area contributed by atoms with Crippen LogP contribution >= 0.6 is 11.6 Å². The summed E-state index contributed by atoms with van der Waals surface area (Å²) in [4.78, 5) is 0.717. The van der Waals surface area contributed by atoms with Gasteiger partial charge in [-0.15, -0.1) is 0 Å². The Bertz CT molecular complexity index is 377. The molecule has 0 radical (unpaired) electrons. The number of hydrogen-bond donors (Lipinski definition) is 0. The van der Waals surface area contributed by atoms with E-state index in [9.17, 15) is 4.21 Å². The van der Waals surface area contributed by atoms with Gasteiger partial charge < -0.3 is 0 Å². The maximum Gasteiger partial charge on any atom is 0.0720 e. The molecule has 0 saturated carbocycles. The second-order valence-electron chi connectivity index (χ2n) is 2.44. The molecule has 0 aromatic heterocycles. The molecule has 2 nitrogen and oxygen atoms in total. The highest BCUT2D eigenvalue weighted by molar-refractivity contribution is 7.93. The van der Waals surface area contributed by atoms with Crippen molar-refractivity contribution in [1.29, 1.82) is 0 Å². The topological polar surface area (TPSA) is 29.4 Å². The molecule has 0 fully saturated rings. The van der Waals surface area contributed by atoms with Crippen LogP contribution in [-0.4, -0.2) is 17.5 Å². The Labute approximate surface area is 77.7 Å². The van der Waals surface area contributed by atoms with Gasteiger partial charge in [-0.25, -0.2) is 8.57 Å². The predicted octanol–water partition coefficient (Wildman–Crippen LogP) is 2.43. The molecule has 1 aromatic rings. The Morgan fingerprint density at radius 2 is 1.83 bits per heavy atom. The summed E-state index contributed by atoms with van der Waals surface area (Å²) in [5.74, 6) is 0. The molecule has 0 spiro atoms. The quantitative estimate of drug-likeness (QED) is 0.690. The molecule has 0 unspecified atom stereocenters. The van der Waals surface area contributed by atoms with E-state index in [-0.39, 0.29) is 0 Å². The molecule has 12 heavy (non-hydrogen) atoms. The minimum Gasteiger partial charge on any atom is -0.245 e. The monoisotopic (exact) mass is 203 g/mol. The van der Waals surface area contributed by atoms with Gasteiger partial charge in [0.2, 0.25) is 0 Å². The van der Waals surface area contributed by atoms with Gasteiger partial charge in [0.25, 0.3) is 0 Å². The third-order valence-corrected chi connectivity index (χ3v) is 3.69. The van der Waals surface area contributed by atoms with Gasteiger partial charge in [0.15, 0.2) is 0 Å². The second-order valence-corrected chi connectivity index (χ2v) is 5.32. The van der Waals surface area contributed by atoms with Crippen molar-refractivity contribution in [2.24, 2.45) is 4.36 Å². The summed E-state index contributed by atoms with van der Waals surface area (Å²) in [5, 5.41) is 0.644. The number of nitrogens with zero attached hydrogens (tertiary/aromatic N) is 1. The van der Waals surface area contributed by atoms with Crippen LogP contribution in [0.2, 0.25) is 5.02 Å². The Morgan fingerprint density at radius 1 is 1.33 bits per heavy atom. The lowest BCUT2D eigenvalue weighted by Crippen LogP contribution is -1.95. The van der Waals surface area contributed by atoms with Crippen molar-refractivity contribution in [2.45, 2.75) is 4.90 Å². The third-order valence-electron chi connectivity index (χ3n) is 1.60. The molecule has 0 aliphatic rings. The number of hydrogen-bond acceptors (Lipinski definition) is 2. The van der Waals surface area contributed by atoms with Gasteiger partial charge in [-0.2, -0.15) is 0 Å². The first-order chi connectivity index (χ1) is 5.56. The van der Waals surface area contributed by atoms with Crippen LogP contribution < -0.4 is 0 Å². The first-order valence-electron chi connectivity index (χ1n) is 3.42. The van der Waals surface area contributed by atoms with Gasteiger partial charge in [-0.3, -0.25) is 0 Å². The summed E-state index contributed by atoms with van der Waals surface area (Å²) >= 11 is 5.68. The van der Waals surface area contributed by atoms with Crippen LogP contribution in [0.4, 0.5) is 0 Å². The fourth-order valence-electron chi connectivity index (χ4n) is 0.793. The summed E-state index contributed by atoms with van der Waals surface area (Å²) < 4.78 is 15.5. The first-order valence-corrected chi connectivity index (χ1v) is 5.72. The van der Waals surface area contributed by atoms with Crippen LogP contribution in [-0.2, 0) is 9.73 Å². The highest BCUT2D eigenvalue weighted by Gasteiger charge is 2.02. The Morgan fingerprint density at radius 3 is 2.25 bits per heavy atom. The molecule has 1 atom stereocenters. The zero-order valence-corrected chi connectivity index (χ0v) is 8.52. The Balaban J connectivity index is 3.24. The molecule has 0 bridgehead atoms. The fourth-order valence-corrected chi connectivity index (χ4v) is 1.77. The maximum atomic E-state index is 11.7. The van der Waals surface area contributed by atoms with E-state index in [1.54, 1.807) is 37.6 Å². The summed E-state index contributed by atoms with van der Waals surface area (Å²) in [6.07, 6.45) is 1.61. The summed E-state index contributed by atoms with van der Waals surface area (Å²) in [7, 11) is -0.646. The molecule has 4 heteroatoms. The summed E-state index contributed by atoms with van der Waals surface area (Å²) in [6.45, 7) is 0. The van der Waals surface area contributed by atoms with Crippen molar-refractivity contribution in [3.63, 3.8) is 0 Å². The van der Waals surface area contributed by atoms with Crippen LogP contribution in [0.5, 0.6) is 0 Å². The van der Waals surface area contributed by atoms with Gasteiger partial charge in [0.05, 0.1) is 9.73 Å². The van der Waals surface area contributed by atoms with Crippen molar-refractivity contribution in [2.75, 3.05) is 13.3 Å². The van der Waals surface area contributed by atoms with E-state index < -0.39 is 9.73 Å². The minimum atomic E-state index is -2.20. The zero-order chi connectivity index (χ0) is 9.19. The van der Waals surface area contributed by atoms with Crippen molar-refractivity contribution >= 4 is 21.3 Å². The standard InChI is InChI=1S/C8H10ClNOS/c1-10-12(2,11)8-5-3-7(9)4-6-8/h3-6H,1-2H3/t12-/m0/s1. The van der Waals surface area contributed by atoms with Crippen molar-refractivity contribution in [3.05, 3.63) is 29.3 Å². The zero-order valence-electron chi connectivity index (χ0n) is 6.95. The molecule has 0 heterocycles. The molecule has 1 rings (SSSR count). The smallest absolute Gasteiger partial charge is 0.0720 e. The average molecular weight is 204 g/mol. The normalized spacial score (nSPS) is 15.2. The van der Waals surface area contributed by atoms with Gasteiger partial charge in [0.1, 0.15) is 0 Å². The van der Waals surface area contributed by atoms with Crippen LogP contribution in [0.25, 0.3) is 0 Å².